The third-order valence-electron chi connectivity index (χ3n) is 5.90. The lowest BCUT2D eigenvalue weighted by molar-refractivity contribution is -0.125. The van der Waals surface area contributed by atoms with Gasteiger partial charge in [-0.2, -0.15) is 5.10 Å². The van der Waals surface area contributed by atoms with Crippen molar-refractivity contribution in [3.63, 3.8) is 0 Å². The quantitative estimate of drug-likeness (QED) is 0.449. The van der Waals surface area contributed by atoms with E-state index in [9.17, 15) is 9.59 Å². The van der Waals surface area contributed by atoms with E-state index < -0.39 is 11.4 Å². The Morgan fingerprint density at radius 1 is 1.28 bits per heavy atom. The number of aromatic nitrogens is 2. The summed E-state index contributed by atoms with van der Waals surface area (Å²) < 4.78 is 16.4. The Labute approximate surface area is 194 Å². The van der Waals surface area contributed by atoms with Crippen molar-refractivity contribution in [3.8, 4) is 0 Å². The molecule has 9 heteroatoms. The number of hydrogen-bond donors (Lipinski definition) is 1. The zero-order chi connectivity index (χ0) is 23.2. The van der Waals surface area contributed by atoms with Crippen molar-refractivity contribution >= 4 is 45.6 Å². The summed E-state index contributed by atoms with van der Waals surface area (Å²) in [6.45, 7) is 5.90. The van der Waals surface area contributed by atoms with E-state index in [1.807, 2.05) is 6.92 Å². The average molecular weight is 475 g/mol. The first-order valence-electron chi connectivity index (χ1n) is 9.98. The molecular weight excluding hydrogens is 454 g/mol. The molecule has 0 spiro atoms. The molecule has 1 aliphatic rings. The predicted octanol–water partition coefficient (Wildman–Crippen LogP) is 4.41. The van der Waals surface area contributed by atoms with E-state index in [-0.39, 0.29) is 33.6 Å². The molecule has 1 amide bonds. The first-order chi connectivity index (χ1) is 15.2. The molecule has 1 saturated heterocycles. The summed E-state index contributed by atoms with van der Waals surface area (Å²) in [4.78, 5) is 26.5. The van der Waals surface area contributed by atoms with Gasteiger partial charge in [0.05, 0.1) is 26.7 Å². The summed E-state index contributed by atoms with van der Waals surface area (Å²) in [7, 11) is 1.59. The maximum absolute atomic E-state index is 15.1. The molecular formula is C23H21Cl2FN4O2. The van der Waals surface area contributed by atoms with E-state index in [1.165, 1.54) is 22.9 Å². The van der Waals surface area contributed by atoms with Gasteiger partial charge in [-0.15, -0.1) is 0 Å². The smallest absolute Gasteiger partial charge is 0.274 e. The summed E-state index contributed by atoms with van der Waals surface area (Å²) in [6, 6.07) is 7.96. The molecule has 166 valence electrons. The molecule has 1 aromatic heterocycles. The van der Waals surface area contributed by atoms with Crippen molar-refractivity contribution in [2.45, 2.75) is 18.9 Å². The molecule has 0 unspecified atom stereocenters. The highest BCUT2D eigenvalue weighted by molar-refractivity contribution is 6.42. The third-order valence-corrected chi connectivity index (χ3v) is 6.70. The Hall–Kier alpha value is -2.90. The van der Waals surface area contributed by atoms with Crippen LogP contribution in [0.3, 0.4) is 0 Å². The van der Waals surface area contributed by atoms with Crippen LogP contribution in [-0.4, -0.2) is 33.7 Å². The van der Waals surface area contributed by atoms with Crippen molar-refractivity contribution in [2.75, 3.05) is 18.4 Å². The van der Waals surface area contributed by atoms with E-state index in [4.69, 9.17) is 23.2 Å². The number of fused-ring (bicyclic) bond motifs is 1. The van der Waals surface area contributed by atoms with Gasteiger partial charge >= 0.3 is 0 Å². The molecule has 2 aromatic carbocycles. The molecule has 3 aromatic rings. The lowest BCUT2D eigenvalue weighted by Crippen LogP contribution is -2.41. The zero-order valence-electron chi connectivity index (χ0n) is 17.6. The monoisotopic (exact) mass is 474 g/mol. The topological polar surface area (TPSA) is 67.2 Å². The SMILES string of the molecule is C=CC(=O)N1CC[C@](Nc2ccc3c(C)nn(C)c(=O)c3c2)(c2c(F)ccc(Cl)c2Cl)C1. The molecule has 4 rings (SSSR count). The standard InChI is InChI=1S/C23H21Cl2FN4O2/c1-4-19(31)30-10-9-23(12-30,20-18(26)8-7-17(24)21(20)25)27-14-5-6-15-13(2)28-29(3)22(32)16(15)11-14/h4-8,11,27H,1,9-10,12H2,2-3H3/t23-/m1/s1. The van der Waals surface area contributed by atoms with Gasteiger partial charge in [0.1, 0.15) is 5.82 Å². The van der Waals surface area contributed by atoms with Gasteiger partial charge in [0.2, 0.25) is 5.91 Å². The number of carbonyl (C=O) groups is 1. The van der Waals surface area contributed by atoms with Gasteiger partial charge in [-0.3, -0.25) is 9.59 Å². The Kier molecular flexibility index (Phi) is 5.73. The number of hydrogen-bond acceptors (Lipinski definition) is 4. The number of anilines is 1. The van der Waals surface area contributed by atoms with Crippen LogP contribution in [0.5, 0.6) is 0 Å². The number of nitrogens with one attached hydrogen (secondary N) is 1. The van der Waals surface area contributed by atoms with Crippen LogP contribution in [0.25, 0.3) is 10.8 Å². The highest BCUT2D eigenvalue weighted by Gasteiger charge is 2.44. The molecule has 0 aliphatic carbocycles. The van der Waals surface area contributed by atoms with Gasteiger partial charge in [-0.1, -0.05) is 35.8 Å². The molecule has 1 atom stereocenters. The van der Waals surface area contributed by atoms with Gasteiger partial charge in [0.25, 0.3) is 5.56 Å². The fraction of sp³-hybridized carbons (Fsp3) is 0.261. The lowest BCUT2D eigenvalue weighted by Gasteiger charge is -2.33. The minimum absolute atomic E-state index is 0.0869. The molecule has 0 bridgehead atoms. The van der Waals surface area contributed by atoms with Crippen molar-refractivity contribution in [1.82, 2.24) is 14.7 Å². The highest BCUT2D eigenvalue weighted by Crippen LogP contribution is 2.43. The van der Waals surface area contributed by atoms with Crippen LogP contribution in [0.1, 0.15) is 17.7 Å². The Morgan fingerprint density at radius 2 is 2.03 bits per heavy atom. The second kappa shape index (κ2) is 8.22. The number of likely N-dealkylation sites (tertiary alicyclic amines) is 1. The number of halogens is 3. The Bertz CT molecular complexity index is 1320. The van der Waals surface area contributed by atoms with Crippen LogP contribution in [-0.2, 0) is 17.4 Å². The third kappa shape index (κ3) is 3.65. The molecule has 1 aliphatic heterocycles. The minimum atomic E-state index is -1.05. The number of nitrogens with zero attached hydrogens (tertiary/aromatic N) is 3. The van der Waals surface area contributed by atoms with Crippen LogP contribution >= 0.6 is 23.2 Å². The number of amides is 1. The molecule has 0 radical (unpaired) electrons. The van der Waals surface area contributed by atoms with Gasteiger partial charge < -0.3 is 10.2 Å². The zero-order valence-corrected chi connectivity index (χ0v) is 19.1. The summed E-state index contributed by atoms with van der Waals surface area (Å²) in [5.41, 5.74) is 0.195. The van der Waals surface area contributed by atoms with E-state index in [0.717, 1.165) is 11.1 Å². The maximum atomic E-state index is 15.1. The molecule has 6 nitrogen and oxygen atoms in total. The van der Waals surface area contributed by atoms with Crippen molar-refractivity contribution in [3.05, 3.63) is 80.5 Å². The second-order valence-corrected chi connectivity index (χ2v) is 8.70. The molecule has 2 heterocycles. The minimum Gasteiger partial charge on any atom is -0.374 e. The molecule has 1 fully saturated rings. The largest absolute Gasteiger partial charge is 0.374 e. The Morgan fingerprint density at radius 3 is 2.75 bits per heavy atom. The number of aryl methyl sites for hydroxylation is 2. The fourth-order valence-corrected chi connectivity index (χ4v) is 4.84. The van der Waals surface area contributed by atoms with E-state index in [0.29, 0.717) is 24.0 Å². The first kappa shape index (κ1) is 22.3. The molecule has 32 heavy (non-hydrogen) atoms. The maximum Gasteiger partial charge on any atom is 0.274 e. The van der Waals surface area contributed by atoms with Gasteiger partial charge in [-0.05, 0) is 43.7 Å². The lowest BCUT2D eigenvalue weighted by atomic mass is 9.87. The second-order valence-electron chi connectivity index (χ2n) is 7.91. The number of carbonyl (C=O) groups excluding carboxylic acids is 1. The van der Waals surface area contributed by atoms with Crippen molar-refractivity contribution < 1.29 is 9.18 Å². The Balaban J connectivity index is 1.87. The fourth-order valence-electron chi connectivity index (χ4n) is 4.35. The van der Waals surface area contributed by atoms with E-state index >= 15 is 4.39 Å². The van der Waals surface area contributed by atoms with E-state index in [2.05, 4.69) is 17.0 Å². The van der Waals surface area contributed by atoms with E-state index in [1.54, 1.807) is 30.1 Å². The summed E-state index contributed by atoms with van der Waals surface area (Å²) in [6.07, 6.45) is 1.61. The summed E-state index contributed by atoms with van der Waals surface area (Å²) in [5.74, 6) is -0.794. The number of benzene rings is 2. The van der Waals surface area contributed by atoms with Gasteiger partial charge in [0, 0.05) is 36.8 Å². The van der Waals surface area contributed by atoms with Crippen molar-refractivity contribution in [1.29, 1.82) is 0 Å². The van der Waals surface area contributed by atoms with Crippen molar-refractivity contribution in [2.24, 2.45) is 7.05 Å². The predicted molar refractivity (Wildman–Crippen MR) is 125 cm³/mol. The normalized spacial score (nSPS) is 18.2. The summed E-state index contributed by atoms with van der Waals surface area (Å²) >= 11 is 12.7. The first-order valence-corrected chi connectivity index (χ1v) is 10.7. The molecule has 0 saturated carbocycles. The van der Waals surface area contributed by atoms with Crippen LogP contribution in [0.4, 0.5) is 10.1 Å². The molecule has 1 N–H and O–H groups in total. The van der Waals surface area contributed by atoms with Crippen LogP contribution in [0.2, 0.25) is 10.0 Å². The summed E-state index contributed by atoms with van der Waals surface area (Å²) in [5, 5.41) is 9.10. The van der Waals surface area contributed by atoms with Gasteiger partial charge in [-0.25, -0.2) is 9.07 Å². The van der Waals surface area contributed by atoms with Gasteiger partial charge in [0.15, 0.2) is 0 Å². The van der Waals surface area contributed by atoms with Crippen LogP contribution in [0.15, 0.2) is 47.8 Å². The highest BCUT2D eigenvalue weighted by atomic mass is 35.5. The van der Waals surface area contributed by atoms with Crippen LogP contribution in [0, 0.1) is 12.7 Å². The average Bonchev–Trinajstić information content (AvgIpc) is 3.19. The van der Waals surface area contributed by atoms with Crippen LogP contribution < -0.4 is 10.9 Å². The number of rotatable bonds is 4.